The third kappa shape index (κ3) is 4.46. The zero-order valence-electron chi connectivity index (χ0n) is 19.0. The Morgan fingerprint density at radius 3 is 2.22 bits per heavy atom. The normalized spacial score (nSPS) is 11.2. The van der Waals surface area contributed by atoms with Crippen molar-refractivity contribution in [3.8, 4) is 0 Å². The van der Waals surface area contributed by atoms with Gasteiger partial charge in [-0.05, 0) is 67.6 Å². The third-order valence-electron chi connectivity index (χ3n) is 6.25. The van der Waals surface area contributed by atoms with E-state index in [1.165, 1.54) is 11.1 Å². The predicted octanol–water partition coefficient (Wildman–Crippen LogP) is 5.65. The number of nitrogens with zero attached hydrogens (tertiary/aromatic N) is 1. The average molecular weight is 427 g/mol. The molecule has 32 heavy (non-hydrogen) atoms. The third-order valence-corrected chi connectivity index (χ3v) is 6.25. The maximum atomic E-state index is 12.4. The van der Waals surface area contributed by atoms with Crippen molar-refractivity contribution in [1.29, 1.82) is 0 Å². The number of carbonyl (C=O) groups is 1. The first-order valence-electron chi connectivity index (χ1n) is 11.1. The van der Waals surface area contributed by atoms with Crippen LogP contribution in [0.4, 0.5) is 0 Å². The number of aromatic nitrogens is 1. The molecule has 1 aromatic heterocycles. The molecule has 4 nitrogen and oxygen atoms in total. The summed E-state index contributed by atoms with van der Waals surface area (Å²) in [4.78, 5) is 12.4. The van der Waals surface area contributed by atoms with Crippen LogP contribution in [0.15, 0.2) is 66.7 Å². The van der Waals surface area contributed by atoms with Crippen LogP contribution in [0.3, 0.4) is 0 Å². The summed E-state index contributed by atoms with van der Waals surface area (Å²) in [5, 5.41) is 14.7. The average Bonchev–Trinajstić information content (AvgIpc) is 3.06. The number of fused-ring (bicyclic) bond motifs is 1. The highest BCUT2D eigenvalue weighted by molar-refractivity contribution is 5.98. The number of aryl methyl sites for hydroxylation is 3. The fourth-order valence-electron chi connectivity index (χ4n) is 4.40. The Hall–Kier alpha value is -3.37. The van der Waals surface area contributed by atoms with Gasteiger partial charge in [0.05, 0.1) is 0 Å². The quantitative estimate of drug-likeness (QED) is 0.358. The van der Waals surface area contributed by atoms with E-state index in [1.807, 2.05) is 23.6 Å². The molecule has 0 unspecified atom stereocenters. The monoisotopic (exact) mass is 426 g/mol. The van der Waals surface area contributed by atoms with Crippen molar-refractivity contribution in [1.82, 2.24) is 9.88 Å². The first kappa shape index (κ1) is 21.8. The van der Waals surface area contributed by atoms with Crippen LogP contribution in [0.1, 0.15) is 43.9 Å². The minimum absolute atomic E-state index is 0.372. The van der Waals surface area contributed by atoms with Crippen LogP contribution in [-0.4, -0.2) is 22.2 Å². The van der Waals surface area contributed by atoms with Crippen LogP contribution >= 0.6 is 0 Å². The highest BCUT2D eigenvalue weighted by Gasteiger charge is 2.22. The van der Waals surface area contributed by atoms with E-state index in [0.29, 0.717) is 18.8 Å². The van der Waals surface area contributed by atoms with Crippen LogP contribution in [0, 0.1) is 20.8 Å². The van der Waals surface area contributed by atoms with E-state index in [1.54, 1.807) is 0 Å². The van der Waals surface area contributed by atoms with Crippen LogP contribution in [0.5, 0.6) is 0 Å². The van der Waals surface area contributed by atoms with Crippen molar-refractivity contribution in [2.45, 2.75) is 40.3 Å². The number of hydrogen-bond acceptors (Lipinski definition) is 2. The summed E-state index contributed by atoms with van der Waals surface area (Å²) in [5.74, 6) is -0.886. The Labute approximate surface area is 189 Å². The second-order valence-corrected chi connectivity index (χ2v) is 8.52. The first-order chi connectivity index (χ1) is 15.5. The van der Waals surface area contributed by atoms with Gasteiger partial charge in [-0.1, -0.05) is 60.7 Å². The van der Waals surface area contributed by atoms with E-state index in [-0.39, 0.29) is 0 Å². The molecule has 0 aliphatic rings. The molecular weight excluding hydrogens is 396 g/mol. The van der Waals surface area contributed by atoms with Crippen LogP contribution < -0.4 is 5.32 Å². The van der Waals surface area contributed by atoms with E-state index in [9.17, 15) is 9.90 Å². The highest BCUT2D eigenvalue weighted by Crippen LogP contribution is 2.29. The molecule has 4 heteroatoms. The molecule has 4 rings (SSSR count). The van der Waals surface area contributed by atoms with E-state index < -0.39 is 5.97 Å². The lowest BCUT2D eigenvalue weighted by Crippen LogP contribution is -2.20. The van der Waals surface area contributed by atoms with Gasteiger partial charge in [0.15, 0.2) is 0 Å². The van der Waals surface area contributed by atoms with Crippen molar-refractivity contribution < 1.29 is 9.90 Å². The first-order valence-corrected chi connectivity index (χ1v) is 11.1. The molecule has 0 fully saturated rings. The van der Waals surface area contributed by atoms with Gasteiger partial charge in [0.25, 0.3) is 0 Å². The minimum Gasteiger partial charge on any atom is -0.477 e. The summed E-state index contributed by atoms with van der Waals surface area (Å²) in [6.45, 7) is 8.09. The number of aromatic carboxylic acids is 1. The lowest BCUT2D eigenvalue weighted by atomic mass is 10.1. The second kappa shape index (κ2) is 9.41. The summed E-state index contributed by atoms with van der Waals surface area (Å²) >= 11 is 0. The number of benzene rings is 3. The fraction of sp³-hybridized carbons (Fsp3) is 0.250. The Bertz CT molecular complexity index is 1270. The number of hydrogen-bond donors (Lipinski definition) is 2. The molecule has 4 aromatic rings. The molecular formula is C28H30N2O2. The second-order valence-electron chi connectivity index (χ2n) is 8.52. The van der Waals surface area contributed by atoms with Gasteiger partial charge in [0, 0.05) is 29.6 Å². The number of carboxylic acid groups (broad SMARTS) is 1. The van der Waals surface area contributed by atoms with Crippen molar-refractivity contribution in [3.63, 3.8) is 0 Å². The molecule has 164 valence electrons. The van der Waals surface area contributed by atoms with Gasteiger partial charge in [0.2, 0.25) is 0 Å². The molecule has 1 heterocycles. The lowest BCUT2D eigenvalue weighted by Gasteiger charge is -2.12. The molecule has 0 saturated heterocycles. The van der Waals surface area contributed by atoms with Crippen molar-refractivity contribution >= 4 is 16.9 Å². The Morgan fingerprint density at radius 1 is 0.906 bits per heavy atom. The van der Waals surface area contributed by atoms with E-state index in [4.69, 9.17) is 0 Å². The molecule has 3 aromatic carbocycles. The summed E-state index contributed by atoms with van der Waals surface area (Å²) in [6.07, 6.45) is 0.913. The van der Waals surface area contributed by atoms with E-state index in [2.05, 4.69) is 73.8 Å². The van der Waals surface area contributed by atoms with Crippen LogP contribution in [-0.2, 0) is 19.5 Å². The lowest BCUT2D eigenvalue weighted by molar-refractivity contribution is 0.0684. The molecule has 0 aliphatic carbocycles. The molecule has 0 aliphatic heterocycles. The largest absolute Gasteiger partial charge is 0.477 e. The van der Waals surface area contributed by atoms with Gasteiger partial charge in [-0.15, -0.1) is 0 Å². The standard InChI is InChI=1S/C28H30N2O2/c1-19-12-13-24-25(17-29-15-14-22-10-6-4-8-20(22)2)27(28(31)32)30(26(24)16-19)18-23-11-7-5-9-21(23)3/h4-13,16,29H,14-15,17-18H2,1-3H3,(H,31,32). The van der Waals surface area contributed by atoms with Gasteiger partial charge in [-0.25, -0.2) is 4.79 Å². The highest BCUT2D eigenvalue weighted by atomic mass is 16.4. The molecule has 0 bridgehead atoms. The van der Waals surface area contributed by atoms with Gasteiger partial charge in [0.1, 0.15) is 5.69 Å². The molecule has 2 N–H and O–H groups in total. The molecule has 0 atom stereocenters. The van der Waals surface area contributed by atoms with Crippen LogP contribution in [0.25, 0.3) is 10.9 Å². The van der Waals surface area contributed by atoms with Crippen LogP contribution in [0.2, 0.25) is 0 Å². The van der Waals surface area contributed by atoms with Gasteiger partial charge < -0.3 is 15.0 Å². The maximum absolute atomic E-state index is 12.4. The van der Waals surface area contributed by atoms with Crippen molar-refractivity contribution in [2.75, 3.05) is 6.54 Å². The van der Waals surface area contributed by atoms with Crippen molar-refractivity contribution in [2.24, 2.45) is 0 Å². The number of nitrogens with one attached hydrogen (secondary N) is 1. The smallest absolute Gasteiger partial charge is 0.352 e. The zero-order chi connectivity index (χ0) is 22.7. The predicted molar refractivity (Wildman–Crippen MR) is 131 cm³/mol. The van der Waals surface area contributed by atoms with Gasteiger partial charge >= 0.3 is 5.97 Å². The minimum atomic E-state index is -0.886. The summed E-state index contributed by atoms with van der Waals surface area (Å²) in [7, 11) is 0. The summed E-state index contributed by atoms with van der Waals surface area (Å²) < 4.78 is 1.96. The molecule has 0 amide bonds. The number of carboxylic acids is 1. The molecule has 0 spiro atoms. The van der Waals surface area contributed by atoms with E-state index >= 15 is 0 Å². The number of rotatable bonds is 8. The molecule has 0 radical (unpaired) electrons. The van der Waals surface area contributed by atoms with Gasteiger partial charge in [-0.2, -0.15) is 0 Å². The zero-order valence-corrected chi connectivity index (χ0v) is 19.0. The summed E-state index contributed by atoms with van der Waals surface area (Å²) in [6, 6.07) is 22.8. The van der Waals surface area contributed by atoms with Gasteiger partial charge in [-0.3, -0.25) is 0 Å². The maximum Gasteiger partial charge on any atom is 0.352 e. The van der Waals surface area contributed by atoms with Crippen molar-refractivity contribution in [3.05, 3.63) is 106 Å². The Kier molecular flexibility index (Phi) is 6.42. The van der Waals surface area contributed by atoms with E-state index in [0.717, 1.165) is 46.1 Å². The SMILES string of the molecule is Cc1ccc2c(CNCCc3ccccc3C)c(C(=O)O)n(Cc3ccccc3C)c2c1. The fourth-order valence-corrected chi connectivity index (χ4v) is 4.40. The Balaban J connectivity index is 1.67. The molecule has 0 saturated carbocycles. The summed E-state index contributed by atoms with van der Waals surface area (Å²) in [5.41, 5.74) is 8.21. The topological polar surface area (TPSA) is 54.3 Å². The Morgan fingerprint density at radius 2 is 1.56 bits per heavy atom.